The summed E-state index contributed by atoms with van der Waals surface area (Å²) in [6.07, 6.45) is 1.75. The fourth-order valence-electron chi connectivity index (χ4n) is 2.65. The number of methoxy groups -OCH3 is 1. The van der Waals surface area contributed by atoms with Crippen molar-refractivity contribution < 1.29 is 9.53 Å². The van der Waals surface area contributed by atoms with Crippen molar-refractivity contribution in [3.63, 3.8) is 0 Å². The zero-order chi connectivity index (χ0) is 15.4. The Morgan fingerprint density at radius 1 is 1.62 bits per heavy atom. The average molecular weight is 312 g/mol. The molecule has 2 rings (SSSR count). The molecule has 7 heteroatoms. The van der Waals surface area contributed by atoms with E-state index in [1.165, 1.54) is 0 Å². The fourth-order valence-corrected chi connectivity index (χ4v) is 3.88. The number of aryl methyl sites for hydroxylation is 2. The predicted molar refractivity (Wildman–Crippen MR) is 85.6 cm³/mol. The van der Waals surface area contributed by atoms with Crippen LogP contribution in [0.2, 0.25) is 0 Å². The van der Waals surface area contributed by atoms with Crippen LogP contribution in [-0.4, -0.2) is 58.4 Å². The molecule has 1 atom stereocenters. The highest BCUT2D eigenvalue weighted by atomic mass is 32.2. The van der Waals surface area contributed by atoms with E-state index in [4.69, 9.17) is 10.5 Å². The Bertz CT molecular complexity index is 497. The zero-order valence-corrected chi connectivity index (χ0v) is 13.8. The van der Waals surface area contributed by atoms with Gasteiger partial charge in [0.25, 0.3) is 5.91 Å². The number of nitrogens with two attached hydrogens (primary N) is 1. The second-order valence-corrected chi connectivity index (χ2v) is 6.34. The summed E-state index contributed by atoms with van der Waals surface area (Å²) >= 11 is 1.89. The van der Waals surface area contributed by atoms with Crippen molar-refractivity contribution in [3.8, 4) is 0 Å². The maximum atomic E-state index is 12.9. The first kappa shape index (κ1) is 16.2. The third-order valence-corrected chi connectivity index (χ3v) is 4.99. The second-order valence-electron chi connectivity index (χ2n) is 5.19. The molecule has 0 aromatic carbocycles. The Balaban J connectivity index is 2.26. The first-order valence-corrected chi connectivity index (χ1v) is 8.44. The van der Waals surface area contributed by atoms with Crippen LogP contribution >= 0.6 is 11.8 Å². The molecule has 1 aromatic rings. The summed E-state index contributed by atoms with van der Waals surface area (Å²) in [6, 6.07) is 0.261. The Hall–Kier alpha value is -1.21. The van der Waals surface area contributed by atoms with Crippen LogP contribution in [0.1, 0.15) is 29.5 Å². The lowest BCUT2D eigenvalue weighted by Crippen LogP contribution is -2.43. The first-order chi connectivity index (χ1) is 10.1. The van der Waals surface area contributed by atoms with E-state index >= 15 is 0 Å². The van der Waals surface area contributed by atoms with Gasteiger partial charge in [0.15, 0.2) is 0 Å². The van der Waals surface area contributed by atoms with Crippen molar-refractivity contribution in [2.75, 3.05) is 37.5 Å². The van der Waals surface area contributed by atoms with Gasteiger partial charge in [0, 0.05) is 32.5 Å². The van der Waals surface area contributed by atoms with Gasteiger partial charge in [-0.3, -0.25) is 9.48 Å². The van der Waals surface area contributed by atoms with Crippen molar-refractivity contribution in [1.82, 2.24) is 14.7 Å². The monoisotopic (exact) mass is 312 g/mol. The van der Waals surface area contributed by atoms with Gasteiger partial charge in [-0.2, -0.15) is 16.9 Å². The van der Waals surface area contributed by atoms with Crippen molar-refractivity contribution in [3.05, 3.63) is 11.4 Å². The van der Waals surface area contributed by atoms with Crippen molar-refractivity contribution in [2.45, 2.75) is 25.8 Å². The summed E-state index contributed by atoms with van der Waals surface area (Å²) < 4.78 is 6.76. The number of hydrogen-bond acceptors (Lipinski definition) is 5. The van der Waals surface area contributed by atoms with E-state index in [1.54, 1.807) is 18.8 Å². The highest BCUT2D eigenvalue weighted by Crippen LogP contribution is 2.26. The number of nitrogen functional groups attached to an aromatic ring is 1. The number of hydrogen-bond donors (Lipinski definition) is 1. The molecular weight excluding hydrogens is 288 g/mol. The number of carbonyl (C=O) groups is 1. The van der Waals surface area contributed by atoms with Gasteiger partial charge in [0.1, 0.15) is 5.69 Å². The molecule has 2 heterocycles. The molecule has 0 radical (unpaired) electrons. The summed E-state index contributed by atoms with van der Waals surface area (Å²) in [6.45, 7) is 3.11. The minimum Gasteiger partial charge on any atom is -0.395 e. The molecule has 118 valence electrons. The Labute approximate surface area is 130 Å². The molecule has 1 aliphatic heterocycles. The van der Waals surface area contributed by atoms with Crippen LogP contribution in [0.4, 0.5) is 5.69 Å². The van der Waals surface area contributed by atoms with E-state index in [0.29, 0.717) is 24.5 Å². The molecular formula is C14H24N4O2S. The summed E-state index contributed by atoms with van der Waals surface area (Å²) in [7, 11) is 3.43. The third-order valence-electron chi connectivity index (χ3n) is 3.84. The summed E-state index contributed by atoms with van der Waals surface area (Å²) in [5.41, 5.74) is 7.91. The summed E-state index contributed by atoms with van der Waals surface area (Å²) in [5.74, 6) is 2.04. The Kier molecular flexibility index (Phi) is 5.52. The average Bonchev–Trinajstić information content (AvgIpc) is 3.07. The van der Waals surface area contributed by atoms with E-state index in [9.17, 15) is 4.79 Å². The minimum atomic E-state index is -0.0354. The number of aromatic nitrogens is 2. The van der Waals surface area contributed by atoms with E-state index in [2.05, 4.69) is 5.10 Å². The van der Waals surface area contributed by atoms with Gasteiger partial charge in [-0.25, -0.2) is 0 Å². The van der Waals surface area contributed by atoms with Crippen LogP contribution < -0.4 is 5.73 Å². The van der Waals surface area contributed by atoms with E-state index in [0.717, 1.165) is 30.0 Å². The molecule has 1 unspecified atom stereocenters. The quantitative estimate of drug-likeness (QED) is 0.853. The van der Waals surface area contributed by atoms with Gasteiger partial charge < -0.3 is 15.4 Å². The summed E-state index contributed by atoms with van der Waals surface area (Å²) in [4.78, 5) is 14.8. The lowest BCUT2D eigenvalue weighted by Gasteiger charge is -2.28. The molecule has 0 bridgehead atoms. The van der Waals surface area contributed by atoms with Gasteiger partial charge in [-0.15, -0.1) is 0 Å². The molecule has 1 saturated heterocycles. The normalized spacial score (nSPS) is 18.1. The number of ether oxygens (including phenoxy) is 1. The molecule has 0 aliphatic carbocycles. The highest BCUT2D eigenvalue weighted by Gasteiger charge is 2.31. The summed E-state index contributed by atoms with van der Waals surface area (Å²) in [5, 5.41) is 4.35. The lowest BCUT2D eigenvalue weighted by atomic mass is 10.1. The molecule has 21 heavy (non-hydrogen) atoms. The second kappa shape index (κ2) is 7.17. The van der Waals surface area contributed by atoms with E-state index in [-0.39, 0.29) is 11.9 Å². The van der Waals surface area contributed by atoms with Crippen molar-refractivity contribution in [1.29, 1.82) is 0 Å². The van der Waals surface area contributed by atoms with E-state index < -0.39 is 0 Å². The SMILES string of the molecule is CCc1nn(C)c(C(=O)N(CCOC)C2CCSC2)c1N. The van der Waals surface area contributed by atoms with Gasteiger partial charge in [-0.05, 0) is 18.6 Å². The molecule has 6 nitrogen and oxygen atoms in total. The first-order valence-electron chi connectivity index (χ1n) is 7.29. The van der Waals surface area contributed by atoms with Crippen LogP contribution in [0, 0.1) is 0 Å². The number of amides is 1. The van der Waals surface area contributed by atoms with Gasteiger partial charge >= 0.3 is 0 Å². The third kappa shape index (κ3) is 3.35. The number of anilines is 1. The molecule has 2 N–H and O–H groups in total. The molecule has 0 spiro atoms. The minimum absolute atomic E-state index is 0.0354. The lowest BCUT2D eigenvalue weighted by molar-refractivity contribution is 0.0615. The molecule has 1 amide bonds. The maximum Gasteiger partial charge on any atom is 0.274 e. The standard InChI is InChI=1S/C14H24N4O2S/c1-4-11-12(15)13(17(2)16-11)14(19)18(6-7-20-3)10-5-8-21-9-10/h10H,4-9,15H2,1-3H3. The number of nitrogens with zero attached hydrogens (tertiary/aromatic N) is 3. The number of rotatable bonds is 6. The van der Waals surface area contributed by atoms with Crippen LogP contribution in [0.15, 0.2) is 0 Å². The van der Waals surface area contributed by atoms with Crippen LogP contribution in [0.25, 0.3) is 0 Å². The largest absolute Gasteiger partial charge is 0.395 e. The molecule has 0 saturated carbocycles. The van der Waals surface area contributed by atoms with Crippen molar-refractivity contribution >= 4 is 23.4 Å². The Morgan fingerprint density at radius 2 is 2.38 bits per heavy atom. The number of carbonyl (C=O) groups excluding carboxylic acids is 1. The Morgan fingerprint density at radius 3 is 2.90 bits per heavy atom. The molecule has 1 aromatic heterocycles. The van der Waals surface area contributed by atoms with Gasteiger partial charge in [-0.1, -0.05) is 6.92 Å². The highest BCUT2D eigenvalue weighted by molar-refractivity contribution is 7.99. The predicted octanol–water partition coefficient (Wildman–Crippen LogP) is 1.16. The topological polar surface area (TPSA) is 73.4 Å². The van der Waals surface area contributed by atoms with Gasteiger partial charge in [0.05, 0.1) is 18.0 Å². The molecule has 1 fully saturated rings. The van der Waals surface area contributed by atoms with E-state index in [1.807, 2.05) is 23.6 Å². The molecule has 1 aliphatic rings. The van der Waals surface area contributed by atoms with Crippen molar-refractivity contribution in [2.24, 2.45) is 7.05 Å². The van der Waals surface area contributed by atoms with Gasteiger partial charge in [0.2, 0.25) is 0 Å². The van der Waals surface area contributed by atoms with Crippen LogP contribution in [0.3, 0.4) is 0 Å². The van der Waals surface area contributed by atoms with Crippen LogP contribution in [-0.2, 0) is 18.2 Å². The maximum absolute atomic E-state index is 12.9. The fraction of sp³-hybridized carbons (Fsp3) is 0.714. The zero-order valence-electron chi connectivity index (χ0n) is 13.0. The number of thioether (sulfide) groups is 1. The smallest absolute Gasteiger partial charge is 0.274 e. The van der Waals surface area contributed by atoms with Crippen LogP contribution in [0.5, 0.6) is 0 Å².